The van der Waals surface area contributed by atoms with Gasteiger partial charge in [-0.2, -0.15) is 0 Å². The molecule has 1 fully saturated rings. The largest absolute Gasteiger partial charge is 0.298 e. The maximum Gasteiger partial charge on any atom is 0.146 e. The van der Waals surface area contributed by atoms with Gasteiger partial charge in [-0.15, -0.1) is 0 Å². The first-order valence-electron chi connectivity index (χ1n) is 4.82. The van der Waals surface area contributed by atoms with Crippen molar-refractivity contribution in [2.24, 2.45) is 5.92 Å². The number of nitrogens with zero attached hydrogens (tertiary/aromatic N) is 1. The van der Waals surface area contributed by atoms with Gasteiger partial charge in [-0.05, 0) is 39.7 Å². The lowest BCUT2D eigenvalue weighted by atomic mass is 9.85. The van der Waals surface area contributed by atoms with Crippen LogP contribution in [-0.2, 0) is 4.79 Å². The van der Waals surface area contributed by atoms with E-state index >= 15 is 0 Å². The number of carbonyl (C=O) groups excluding carboxylic acids is 1. The summed E-state index contributed by atoms with van der Waals surface area (Å²) < 4.78 is 0. The minimum absolute atomic E-state index is 0.102. The van der Waals surface area contributed by atoms with E-state index in [1.165, 1.54) is 19.3 Å². The van der Waals surface area contributed by atoms with Crippen LogP contribution >= 0.6 is 0 Å². The van der Waals surface area contributed by atoms with Crippen molar-refractivity contribution in [1.82, 2.24) is 4.90 Å². The van der Waals surface area contributed by atoms with Gasteiger partial charge in [-0.25, -0.2) is 0 Å². The number of carbonyl (C=O) groups is 1. The van der Waals surface area contributed by atoms with Crippen molar-refractivity contribution < 1.29 is 4.79 Å². The predicted molar refractivity (Wildman–Crippen MR) is 50.1 cm³/mol. The second-order valence-electron chi connectivity index (χ2n) is 4.02. The molecule has 0 saturated heterocycles. The lowest BCUT2D eigenvalue weighted by Gasteiger charge is -2.32. The first-order chi connectivity index (χ1) is 5.61. The van der Waals surface area contributed by atoms with Crippen LogP contribution < -0.4 is 0 Å². The molecule has 0 heterocycles. The molecule has 1 saturated carbocycles. The Kier molecular flexibility index (Phi) is 3.27. The highest BCUT2D eigenvalue weighted by Gasteiger charge is 2.22. The van der Waals surface area contributed by atoms with Crippen molar-refractivity contribution >= 4 is 5.78 Å². The van der Waals surface area contributed by atoms with Crippen LogP contribution in [-0.4, -0.2) is 30.3 Å². The van der Waals surface area contributed by atoms with Gasteiger partial charge < -0.3 is 0 Å². The van der Waals surface area contributed by atoms with Crippen LogP contribution in [0.1, 0.15) is 33.1 Å². The summed E-state index contributed by atoms with van der Waals surface area (Å²) in [5.41, 5.74) is 0. The fourth-order valence-corrected chi connectivity index (χ4v) is 1.55. The second-order valence-corrected chi connectivity index (χ2v) is 4.02. The van der Waals surface area contributed by atoms with Crippen molar-refractivity contribution in [2.75, 3.05) is 13.6 Å². The first kappa shape index (κ1) is 9.72. The average molecular weight is 169 g/mol. The smallest absolute Gasteiger partial charge is 0.146 e. The molecule has 2 heteroatoms. The van der Waals surface area contributed by atoms with E-state index in [1.807, 2.05) is 14.0 Å². The molecule has 0 spiro atoms. The van der Waals surface area contributed by atoms with Gasteiger partial charge in [0, 0.05) is 6.54 Å². The third-order valence-electron chi connectivity index (χ3n) is 3.02. The Morgan fingerprint density at radius 3 is 2.50 bits per heavy atom. The number of Topliss-reactive ketones (excluding diaryl/α,β-unsaturated/α-hetero) is 1. The molecule has 1 aliphatic carbocycles. The van der Waals surface area contributed by atoms with E-state index in [-0.39, 0.29) is 11.8 Å². The van der Waals surface area contributed by atoms with Crippen molar-refractivity contribution in [3.63, 3.8) is 0 Å². The maximum absolute atomic E-state index is 11.0. The molecular weight excluding hydrogens is 150 g/mol. The number of ketones is 1. The lowest BCUT2D eigenvalue weighted by Crippen LogP contribution is -2.39. The van der Waals surface area contributed by atoms with Crippen LogP contribution in [0.25, 0.3) is 0 Å². The molecule has 1 atom stereocenters. The Hall–Kier alpha value is -0.370. The molecule has 0 bridgehead atoms. The molecule has 0 amide bonds. The molecular formula is C10H19NO. The van der Waals surface area contributed by atoms with Gasteiger partial charge in [-0.3, -0.25) is 9.69 Å². The summed E-state index contributed by atoms with van der Waals surface area (Å²) in [6, 6.07) is 0.102. The van der Waals surface area contributed by atoms with E-state index in [0.717, 1.165) is 12.5 Å². The van der Waals surface area contributed by atoms with Crippen molar-refractivity contribution in [1.29, 1.82) is 0 Å². The normalized spacial score (nSPS) is 20.7. The summed E-state index contributed by atoms with van der Waals surface area (Å²) in [5.74, 6) is 1.13. The van der Waals surface area contributed by atoms with Gasteiger partial charge in [-0.1, -0.05) is 6.42 Å². The molecule has 2 nitrogen and oxygen atoms in total. The van der Waals surface area contributed by atoms with Crippen LogP contribution in [0.5, 0.6) is 0 Å². The highest BCUT2D eigenvalue weighted by atomic mass is 16.1. The molecule has 1 unspecified atom stereocenters. The molecule has 0 aromatic carbocycles. The fourth-order valence-electron chi connectivity index (χ4n) is 1.55. The Labute approximate surface area is 74.9 Å². The van der Waals surface area contributed by atoms with Gasteiger partial charge in [0.2, 0.25) is 0 Å². The minimum atomic E-state index is 0.102. The molecule has 70 valence electrons. The fraction of sp³-hybridized carbons (Fsp3) is 0.900. The average Bonchev–Trinajstić information content (AvgIpc) is 1.94. The summed E-state index contributed by atoms with van der Waals surface area (Å²) in [5, 5.41) is 0. The van der Waals surface area contributed by atoms with Crippen LogP contribution in [0, 0.1) is 5.92 Å². The summed E-state index contributed by atoms with van der Waals surface area (Å²) >= 11 is 0. The highest BCUT2D eigenvalue weighted by Crippen LogP contribution is 2.27. The monoisotopic (exact) mass is 169 g/mol. The van der Waals surface area contributed by atoms with Crippen LogP contribution in [0.2, 0.25) is 0 Å². The summed E-state index contributed by atoms with van der Waals surface area (Å²) in [7, 11) is 2.05. The molecule has 0 aromatic rings. The lowest BCUT2D eigenvalue weighted by molar-refractivity contribution is -0.121. The maximum atomic E-state index is 11.0. The van der Waals surface area contributed by atoms with Gasteiger partial charge in [0.05, 0.1) is 6.04 Å². The number of likely N-dealkylation sites (N-methyl/N-ethyl adjacent to an activating group) is 1. The standard InChI is InChI=1S/C10H19NO/c1-8(9(2)12)11(3)7-10-5-4-6-10/h8,10H,4-7H2,1-3H3. The van der Waals surface area contributed by atoms with Crippen molar-refractivity contribution in [3.05, 3.63) is 0 Å². The van der Waals surface area contributed by atoms with E-state index in [4.69, 9.17) is 0 Å². The third-order valence-corrected chi connectivity index (χ3v) is 3.02. The zero-order chi connectivity index (χ0) is 9.14. The third kappa shape index (κ3) is 2.31. The quantitative estimate of drug-likeness (QED) is 0.638. The molecule has 1 aliphatic rings. The van der Waals surface area contributed by atoms with E-state index in [1.54, 1.807) is 6.92 Å². The van der Waals surface area contributed by atoms with Crippen molar-refractivity contribution in [3.8, 4) is 0 Å². The molecule has 12 heavy (non-hydrogen) atoms. The highest BCUT2D eigenvalue weighted by molar-refractivity contribution is 5.80. The first-order valence-corrected chi connectivity index (χ1v) is 4.82. The van der Waals surface area contributed by atoms with Gasteiger partial charge in [0.15, 0.2) is 0 Å². The van der Waals surface area contributed by atoms with E-state index in [9.17, 15) is 4.79 Å². The molecule has 1 rings (SSSR count). The van der Waals surface area contributed by atoms with Gasteiger partial charge in [0.25, 0.3) is 0 Å². The van der Waals surface area contributed by atoms with Gasteiger partial charge >= 0.3 is 0 Å². The summed E-state index contributed by atoms with van der Waals surface area (Å²) in [6.45, 7) is 4.75. The SMILES string of the molecule is CC(=O)C(C)N(C)CC1CCC1. The number of hydrogen-bond donors (Lipinski definition) is 0. The van der Waals surface area contributed by atoms with Crippen LogP contribution in [0.15, 0.2) is 0 Å². The Bertz CT molecular complexity index is 163. The summed E-state index contributed by atoms with van der Waals surface area (Å²) in [4.78, 5) is 13.2. The summed E-state index contributed by atoms with van der Waals surface area (Å²) in [6.07, 6.45) is 4.09. The zero-order valence-corrected chi connectivity index (χ0v) is 8.34. The second kappa shape index (κ2) is 4.04. The molecule has 0 aliphatic heterocycles. The Morgan fingerprint density at radius 2 is 2.17 bits per heavy atom. The Morgan fingerprint density at radius 1 is 1.58 bits per heavy atom. The minimum Gasteiger partial charge on any atom is -0.298 e. The van der Waals surface area contributed by atoms with E-state index < -0.39 is 0 Å². The predicted octanol–water partition coefficient (Wildman–Crippen LogP) is 1.70. The molecule has 0 aromatic heterocycles. The Balaban J connectivity index is 2.25. The molecule has 0 radical (unpaired) electrons. The van der Waals surface area contributed by atoms with E-state index in [0.29, 0.717) is 0 Å². The van der Waals surface area contributed by atoms with Crippen LogP contribution in [0.3, 0.4) is 0 Å². The number of rotatable bonds is 4. The van der Waals surface area contributed by atoms with Gasteiger partial charge in [0.1, 0.15) is 5.78 Å². The van der Waals surface area contributed by atoms with E-state index in [2.05, 4.69) is 4.90 Å². The van der Waals surface area contributed by atoms with Crippen LogP contribution in [0.4, 0.5) is 0 Å². The van der Waals surface area contributed by atoms with Crippen molar-refractivity contribution in [2.45, 2.75) is 39.2 Å². The number of hydrogen-bond acceptors (Lipinski definition) is 2. The topological polar surface area (TPSA) is 20.3 Å². The zero-order valence-electron chi connectivity index (χ0n) is 8.34. The molecule has 0 N–H and O–H groups in total.